The predicted molar refractivity (Wildman–Crippen MR) is 159 cm³/mol. The fourth-order valence-corrected chi connectivity index (χ4v) is 8.03. The molecule has 0 aromatic carbocycles. The van der Waals surface area contributed by atoms with Gasteiger partial charge in [0.1, 0.15) is 29.5 Å². The van der Waals surface area contributed by atoms with Crippen LogP contribution in [0.15, 0.2) is 22.8 Å². The summed E-state index contributed by atoms with van der Waals surface area (Å²) in [4.78, 5) is 52.5. The van der Waals surface area contributed by atoms with Crippen LogP contribution in [0.4, 0.5) is 4.79 Å². The number of carbonyl (C=O) groups is 4. The van der Waals surface area contributed by atoms with Crippen molar-refractivity contribution >= 4 is 23.8 Å². The molecule has 6 N–H and O–H groups in total. The van der Waals surface area contributed by atoms with Crippen molar-refractivity contribution in [2.75, 3.05) is 13.2 Å². The molecule has 14 heteroatoms. The third kappa shape index (κ3) is 5.46. The molecular weight excluding hydrogens is 606 g/mol. The molecular formula is C32H47NO13. The predicted octanol–water partition coefficient (Wildman–Crippen LogP) is 0.210. The molecule has 2 bridgehead atoms. The maximum Gasteiger partial charge on any atom is 0.407 e. The number of rotatable bonds is 7. The quantitative estimate of drug-likeness (QED) is 0.123. The highest BCUT2D eigenvalue weighted by atomic mass is 16.6. The minimum absolute atomic E-state index is 0.0213. The highest BCUT2D eigenvalue weighted by molar-refractivity contribution is 5.93. The van der Waals surface area contributed by atoms with Crippen molar-refractivity contribution in [3.8, 4) is 0 Å². The minimum atomic E-state index is -2.22. The van der Waals surface area contributed by atoms with E-state index in [0.29, 0.717) is 5.57 Å². The van der Waals surface area contributed by atoms with Crippen LogP contribution in [0.3, 0.4) is 0 Å². The van der Waals surface area contributed by atoms with Gasteiger partial charge < -0.3 is 49.8 Å². The number of aliphatic hydroxyl groups is 5. The summed E-state index contributed by atoms with van der Waals surface area (Å²) in [5.74, 6) is -4.37. The average Bonchev–Trinajstić information content (AvgIpc) is 2.94. The largest absolute Gasteiger partial charge is 0.459 e. The van der Waals surface area contributed by atoms with E-state index in [4.69, 9.17) is 18.9 Å². The number of Topliss-reactive ketones (excluding diaryl/α,β-unsaturated/α-hetero) is 1. The first-order valence-electron chi connectivity index (χ1n) is 15.5. The molecule has 0 unspecified atom stereocenters. The molecule has 1 heterocycles. The zero-order valence-corrected chi connectivity index (χ0v) is 27.5. The smallest absolute Gasteiger partial charge is 0.407 e. The first-order valence-corrected chi connectivity index (χ1v) is 15.5. The van der Waals surface area contributed by atoms with Gasteiger partial charge >= 0.3 is 18.0 Å². The van der Waals surface area contributed by atoms with Crippen LogP contribution in [0.5, 0.6) is 0 Å². The Labute approximate surface area is 267 Å². The summed E-state index contributed by atoms with van der Waals surface area (Å²) in [6, 6.07) is -1.26. The Morgan fingerprint density at radius 1 is 1.11 bits per heavy atom. The zero-order valence-electron chi connectivity index (χ0n) is 27.5. The fraction of sp³-hybridized carbons (Fsp3) is 0.750. The van der Waals surface area contributed by atoms with Gasteiger partial charge in [0.2, 0.25) is 0 Å². The molecule has 0 radical (unpaired) electrons. The van der Waals surface area contributed by atoms with E-state index in [1.54, 1.807) is 34.6 Å². The summed E-state index contributed by atoms with van der Waals surface area (Å²) in [7, 11) is 0. The first kappa shape index (κ1) is 36.0. The van der Waals surface area contributed by atoms with Crippen molar-refractivity contribution in [1.29, 1.82) is 0 Å². The molecule has 4 aliphatic rings. The van der Waals surface area contributed by atoms with Crippen LogP contribution in [-0.2, 0) is 33.3 Å². The molecule has 46 heavy (non-hydrogen) atoms. The van der Waals surface area contributed by atoms with Gasteiger partial charge in [0, 0.05) is 31.1 Å². The van der Waals surface area contributed by atoms with Crippen LogP contribution in [0.1, 0.15) is 68.2 Å². The van der Waals surface area contributed by atoms with E-state index in [1.807, 2.05) is 0 Å². The number of fused-ring (bicyclic) bond motifs is 5. The molecule has 2 saturated carbocycles. The highest BCUT2D eigenvalue weighted by Gasteiger charge is 2.76. The SMILES string of the molecule is CCOC(=O)N[C@@H](C=C(C)C)[C@@H](O)C(=O)O[C@H]1C[C@@]2(O)[C@@H](OC(C)=O)[C@@H]3[C@]4(O)CO[C@@H]4C[C@H](O)[C@@]3(C)C(=O)[C@H](O)C(=C1C)C2(C)C. The van der Waals surface area contributed by atoms with Crippen LogP contribution in [0.25, 0.3) is 0 Å². The van der Waals surface area contributed by atoms with Crippen LogP contribution < -0.4 is 5.32 Å². The standard InChI is InChI=1S/C32H47NO13/c1-9-43-28(40)33-17(10-14(2)3)22(36)27(39)46-18-12-32(42)26(45-16(5)34)24-30(8,19(35)11-20-31(24,41)13-44-20)25(38)23(37)21(15(18)4)29(32,6)7/h10,17-20,22-24,26,35-37,41-42H,9,11-13H2,1-8H3,(H,33,40)/t17-,18-,19-,20+,22+,23+,24-,26-,30+,31-,32+/m0/s1. The van der Waals surface area contributed by atoms with Crippen molar-refractivity contribution in [3.05, 3.63) is 22.8 Å². The molecule has 4 rings (SSSR count). The van der Waals surface area contributed by atoms with E-state index in [1.165, 1.54) is 19.9 Å². The second-order valence-corrected chi connectivity index (χ2v) is 14.0. The monoisotopic (exact) mass is 653 g/mol. The number of hydrogen-bond acceptors (Lipinski definition) is 13. The first-order chi connectivity index (χ1) is 21.2. The van der Waals surface area contributed by atoms with Gasteiger partial charge in [0.05, 0.1) is 36.9 Å². The summed E-state index contributed by atoms with van der Waals surface area (Å²) in [5.41, 5.74) is -6.64. The highest BCUT2D eigenvalue weighted by Crippen LogP contribution is 2.63. The van der Waals surface area contributed by atoms with Gasteiger partial charge in [-0.05, 0) is 45.8 Å². The molecule has 1 amide bonds. The van der Waals surface area contributed by atoms with E-state index >= 15 is 0 Å². The fourth-order valence-electron chi connectivity index (χ4n) is 8.03. The molecule has 3 aliphatic carbocycles. The number of alkyl carbamates (subject to hydrolysis) is 1. The van der Waals surface area contributed by atoms with Crippen molar-refractivity contribution < 1.29 is 63.7 Å². The van der Waals surface area contributed by atoms with Gasteiger partial charge in [-0.15, -0.1) is 0 Å². The van der Waals surface area contributed by atoms with E-state index in [-0.39, 0.29) is 30.8 Å². The molecule has 1 aliphatic heterocycles. The van der Waals surface area contributed by atoms with E-state index in [9.17, 15) is 44.7 Å². The maximum atomic E-state index is 14.3. The normalized spacial score (nSPS) is 39.2. The lowest BCUT2D eigenvalue weighted by molar-refractivity contribution is -0.345. The third-order valence-electron chi connectivity index (χ3n) is 10.6. The number of carbonyl (C=O) groups excluding carboxylic acids is 4. The Hall–Kier alpha value is -2.88. The summed E-state index contributed by atoms with van der Waals surface area (Å²) in [6.07, 6.45) is -9.33. The Bertz CT molecular complexity index is 1340. The Morgan fingerprint density at radius 2 is 1.74 bits per heavy atom. The summed E-state index contributed by atoms with van der Waals surface area (Å²) < 4.78 is 21.9. The average molecular weight is 654 g/mol. The Morgan fingerprint density at radius 3 is 2.26 bits per heavy atom. The molecule has 0 spiro atoms. The van der Waals surface area contributed by atoms with Gasteiger partial charge in [0.25, 0.3) is 0 Å². The molecule has 14 nitrogen and oxygen atoms in total. The van der Waals surface area contributed by atoms with Crippen LogP contribution in [-0.4, -0.2) is 116 Å². The molecule has 3 fully saturated rings. The number of amides is 1. The topological polar surface area (TPSA) is 218 Å². The van der Waals surface area contributed by atoms with Gasteiger partial charge in [-0.2, -0.15) is 0 Å². The number of hydrogen-bond donors (Lipinski definition) is 6. The lowest BCUT2D eigenvalue weighted by Gasteiger charge is -2.66. The second-order valence-electron chi connectivity index (χ2n) is 14.0. The Kier molecular flexibility index (Phi) is 9.61. The van der Waals surface area contributed by atoms with Gasteiger partial charge in [-0.25, -0.2) is 9.59 Å². The van der Waals surface area contributed by atoms with Crippen molar-refractivity contribution in [3.63, 3.8) is 0 Å². The van der Waals surface area contributed by atoms with Gasteiger partial charge in [0.15, 0.2) is 11.9 Å². The molecule has 11 atom stereocenters. The number of nitrogens with one attached hydrogen (secondary N) is 1. The third-order valence-corrected chi connectivity index (χ3v) is 10.6. The summed E-state index contributed by atoms with van der Waals surface area (Å²) in [5, 5.41) is 61.2. The van der Waals surface area contributed by atoms with Crippen molar-refractivity contribution in [1.82, 2.24) is 5.32 Å². The lowest BCUT2D eigenvalue weighted by Crippen LogP contribution is -2.81. The van der Waals surface area contributed by atoms with E-state index in [0.717, 1.165) is 6.92 Å². The number of aliphatic hydroxyl groups excluding tert-OH is 3. The molecule has 1 saturated heterocycles. The van der Waals surface area contributed by atoms with Crippen LogP contribution >= 0.6 is 0 Å². The van der Waals surface area contributed by atoms with Crippen LogP contribution in [0.2, 0.25) is 0 Å². The number of ketones is 1. The Balaban J connectivity index is 1.84. The van der Waals surface area contributed by atoms with Crippen molar-refractivity contribution in [2.45, 2.75) is 122 Å². The maximum absolute atomic E-state index is 14.3. The molecule has 258 valence electrons. The minimum Gasteiger partial charge on any atom is -0.459 e. The second kappa shape index (κ2) is 12.3. The van der Waals surface area contributed by atoms with Gasteiger partial charge in [-0.1, -0.05) is 25.5 Å². The summed E-state index contributed by atoms with van der Waals surface area (Å²) >= 11 is 0. The van der Waals surface area contributed by atoms with E-state index < -0.39 is 101 Å². The lowest BCUT2D eigenvalue weighted by atomic mass is 9.45. The molecule has 0 aromatic rings. The van der Waals surface area contributed by atoms with Crippen molar-refractivity contribution in [2.24, 2.45) is 16.7 Å². The zero-order chi connectivity index (χ0) is 34.7. The number of esters is 2. The van der Waals surface area contributed by atoms with Crippen LogP contribution in [0, 0.1) is 16.7 Å². The number of ether oxygens (including phenoxy) is 4. The van der Waals surface area contributed by atoms with E-state index in [2.05, 4.69) is 5.32 Å². The summed E-state index contributed by atoms with van der Waals surface area (Å²) in [6.45, 7) is 11.8. The van der Waals surface area contributed by atoms with Gasteiger partial charge in [-0.3, -0.25) is 9.59 Å². The molecule has 0 aromatic heterocycles. The number of allylic oxidation sites excluding steroid dienone is 1.